The highest BCUT2D eigenvalue weighted by molar-refractivity contribution is 6.03. The van der Waals surface area contributed by atoms with Gasteiger partial charge in [0.25, 0.3) is 5.91 Å². The molecule has 1 aromatic rings. The number of carbonyl (C=O) groups excluding carboxylic acids is 2. The van der Waals surface area contributed by atoms with Crippen molar-refractivity contribution in [2.24, 2.45) is 5.73 Å². The molecule has 2 amide bonds. The second kappa shape index (κ2) is 7.19. The van der Waals surface area contributed by atoms with Gasteiger partial charge in [-0.1, -0.05) is 19.1 Å². The van der Waals surface area contributed by atoms with Gasteiger partial charge in [0.15, 0.2) is 0 Å². The van der Waals surface area contributed by atoms with Crippen LogP contribution in [0.1, 0.15) is 23.7 Å². The average Bonchev–Trinajstić information content (AvgIpc) is 2.37. The maximum absolute atomic E-state index is 12.2. The summed E-state index contributed by atoms with van der Waals surface area (Å²) in [5.74, 6) is -0.663. The minimum absolute atomic E-state index is 0.121. The van der Waals surface area contributed by atoms with Crippen LogP contribution in [0.25, 0.3) is 0 Å². The highest BCUT2D eigenvalue weighted by Crippen LogP contribution is 2.14. The molecule has 0 aliphatic carbocycles. The second-order valence-corrected chi connectivity index (χ2v) is 5.24. The van der Waals surface area contributed by atoms with Crippen molar-refractivity contribution in [1.82, 2.24) is 10.2 Å². The standard InChI is InChI=1S/C15H22N4O2/c1-2-7-19(11-8-17-9-11)10-14(20)18-13-6-4-3-5-12(13)15(16)21/h3-6,11,17H,2,7-10H2,1H3,(H2,16,21)(H,18,20). The zero-order valence-corrected chi connectivity index (χ0v) is 12.3. The number of nitrogens with zero attached hydrogens (tertiary/aromatic N) is 1. The molecule has 1 saturated heterocycles. The second-order valence-electron chi connectivity index (χ2n) is 5.24. The van der Waals surface area contributed by atoms with Crippen LogP contribution in [0.4, 0.5) is 5.69 Å². The highest BCUT2D eigenvalue weighted by atomic mass is 16.2. The normalized spacial score (nSPS) is 14.8. The van der Waals surface area contributed by atoms with E-state index < -0.39 is 5.91 Å². The SMILES string of the molecule is CCCN(CC(=O)Nc1ccccc1C(N)=O)C1CNC1. The Kier molecular flexibility index (Phi) is 5.30. The molecule has 1 aliphatic rings. The number of primary amides is 1. The van der Waals surface area contributed by atoms with Crippen LogP contribution in [0.5, 0.6) is 0 Å². The van der Waals surface area contributed by atoms with Crippen molar-refractivity contribution >= 4 is 17.5 Å². The van der Waals surface area contributed by atoms with Gasteiger partial charge in [-0.05, 0) is 25.1 Å². The molecule has 21 heavy (non-hydrogen) atoms. The van der Waals surface area contributed by atoms with Gasteiger partial charge in [-0.25, -0.2) is 0 Å². The van der Waals surface area contributed by atoms with Crippen molar-refractivity contribution in [3.8, 4) is 0 Å². The zero-order valence-electron chi connectivity index (χ0n) is 12.3. The molecule has 0 aromatic heterocycles. The van der Waals surface area contributed by atoms with Gasteiger partial charge in [0.1, 0.15) is 0 Å². The summed E-state index contributed by atoms with van der Waals surface area (Å²) in [5.41, 5.74) is 6.11. The van der Waals surface area contributed by atoms with E-state index in [-0.39, 0.29) is 5.91 Å². The number of rotatable bonds is 7. The quantitative estimate of drug-likeness (QED) is 0.678. The third-order valence-electron chi connectivity index (χ3n) is 3.60. The molecule has 1 fully saturated rings. The molecule has 6 nitrogen and oxygen atoms in total. The maximum Gasteiger partial charge on any atom is 0.250 e. The minimum atomic E-state index is -0.542. The predicted molar refractivity (Wildman–Crippen MR) is 82.1 cm³/mol. The van der Waals surface area contributed by atoms with Crippen molar-refractivity contribution in [2.75, 3.05) is 31.5 Å². The van der Waals surface area contributed by atoms with Crippen molar-refractivity contribution in [3.63, 3.8) is 0 Å². The molecule has 0 saturated carbocycles. The van der Waals surface area contributed by atoms with Crippen LogP contribution in [0.2, 0.25) is 0 Å². The molecular weight excluding hydrogens is 268 g/mol. The summed E-state index contributed by atoms with van der Waals surface area (Å²) in [6.07, 6.45) is 1.00. The van der Waals surface area contributed by atoms with Gasteiger partial charge in [-0.3, -0.25) is 14.5 Å². The van der Waals surface area contributed by atoms with Crippen LogP contribution in [-0.2, 0) is 4.79 Å². The van der Waals surface area contributed by atoms with Crippen LogP contribution in [0.3, 0.4) is 0 Å². The summed E-state index contributed by atoms with van der Waals surface area (Å²) in [6, 6.07) is 7.20. The first-order valence-electron chi connectivity index (χ1n) is 7.25. The van der Waals surface area contributed by atoms with E-state index in [0.717, 1.165) is 26.1 Å². The summed E-state index contributed by atoms with van der Waals surface area (Å²) in [4.78, 5) is 25.7. The lowest BCUT2D eigenvalue weighted by Crippen LogP contribution is -2.58. The fourth-order valence-electron chi connectivity index (χ4n) is 2.39. The van der Waals surface area contributed by atoms with Crippen molar-refractivity contribution in [2.45, 2.75) is 19.4 Å². The third kappa shape index (κ3) is 4.03. The van der Waals surface area contributed by atoms with E-state index in [1.807, 2.05) is 0 Å². The molecule has 0 unspecified atom stereocenters. The zero-order chi connectivity index (χ0) is 15.2. The third-order valence-corrected chi connectivity index (χ3v) is 3.60. The smallest absolute Gasteiger partial charge is 0.250 e. The first-order chi connectivity index (χ1) is 10.1. The first kappa shape index (κ1) is 15.5. The van der Waals surface area contributed by atoms with Gasteiger partial charge in [-0.2, -0.15) is 0 Å². The minimum Gasteiger partial charge on any atom is -0.366 e. The number of benzene rings is 1. The number of carbonyl (C=O) groups is 2. The lowest BCUT2D eigenvalue weighted by atomic mass is 10.1. The molecule has 0 radical (unpaired) electrons. The van der Waals surface area contributed by atoms with E-state index in [0.29, 0.717) is 23.8 Å². The molecule has 1 aromatic carbocycles. The molecule has 0 atom stereocenters. The van der Waals surface area contributed by atoms with Gasteiger partial charge >= 0.3 is 0 Å². The van der Waals surface area contributed by atoms with Crippen molar-refractivity contribution in [3.05, 3.63) is 29.8 Å². The molecule has 4 N–H and O–H groups in total. The van der Waals surface area contributed by atoms with Gasteiger partial charge in [0.2, 0.25) is 5.91 Å². The largest absolute Gasteiger partial charge is 0.366 e. The van der Waals surface area contributed by atoms with E-state index >= 15 is 0 Å². The summed E-state index contributed by atoms with van der Waals surface area (Å²) in [6.45, 7) is 5.15. The molecule has 6 heteroatoms. The van der Waals surface area contributed by atoms with E-state index in [2.05, 4.69) is 22.5 Å². The fourth-order valence-corrected chi connectivity index (χ4v) is 2.39. The van der Waals surface area contributed by atoms with Crippen LogP contribution in [0, 0.1) is 0 Å². The Balaban J connectivity index is 1.98. The number of nitrogens with one attached hydrogen (secondary N) is 2. The number of para-hydroxylation sites is 1. The monoisotopic (exact) mass is 290 g/mol. The van der Waals surface area contributed by atoms with Gasteiger partial charge in [0.05, 0.1) is 17.8 Å². The molecule has 0 spiro atoms. The van der Waals surface area contributed by atoms with Crippen molar-refractivity contribution in [1.29, 1.82) is 0 Å². The Morgan fingerprint density at radius 3 is 2.67 bits per heavy atom. The molecule has 114 valence electrons. The van der Waals surface area contributed by atoms with E-state index in [1.165, 1.54) is 0 Å². The predicted octanol–water partition coefficient (Wildman–Crippen LogP) is 0.408. The van der Waals surface area contributed by atoms with Gasteiger partial charge in [-0.15, -0.1) is 0 Å². The lowest BCUT2D eigenvalue weighted by Gasteiger charge is -2.37. The number of nitrogens with two attached hydrogens (primary N) is 1. The highest BCUT2D eigenvalue weighted by Gasteiger charge is 2.25. The van der Waals surface area contributed by atoms with E-state index in [9.17, 15) is 9.59 Å². The molecule has 2 rings (SSSR count). The summed E-state index contributed by atoms with van der Waals surface area (Å²) in [5, 5.41) is 5.99. The lowest BCUT2D eigenvalue weighted by molar-refractivity contribution is -0.118. The van der Waals surface area contributed by atoms with E-state index in [1.54, 1.807) is 24.3 Å². The Hall–Kier alpha value is -1.92. The number of amides is 2. The summed E-state index contributed by atoms with van der Waals surface area (Å²) >= 11 is 0. The number of hydrogen-bond donors (Lipinski definition) is 3. The average molecular weight is 290 g/mol. The Morgan fingerprint density at radius 1 is 1.38 bits per heavy atom. The molecule has 0 bridgehead atoms. The molecule has 1 heterocycles. The van der Waals surface area contributed by atoms with Crippen LogP contribution < -0.4 is 16.4 Å². The Morgan fingerprint density at radius 2 is 2.10 bits per heavy atom. The molecular formula is C15H22N4O2. The molecule has 1 aliphatic heterocycles. The Labute approximate surface area is 124 Å². The fraction of sp³-hybridized carbons (Fsp3) is 0.467. The van der Waals surface area contributed by atoms with E-state index in [4.69, 9.17) is 5.73 Å². The van der Waals surface area contributed by atoms with Crippen LogP contribution in [0.15, 0.2) is 24.3 Å². The Bertz CT molecular complexity index is 514. The van der Waals surface area contributed by atoms with Crippen LogP contribution >= 0.6 is 0 Å². The van der Waals surface area contributed by atoms with Crippen molar-refractivity contribution < 1.29 is 9.59 Å². The van der Waals surface area contributed by atoms with Gasteiger partial charge < -0.3 is 16.4 Å². The summed E-state index contributed by atoms with van der Waals surface area (Å²) < 4.78 is 0. The van der Waals surface area contributed by atoms with Crippen LogP contribution in [-0.4, -0.2) is 48.9 Å². The maximum atomic E-state index is 12.2. The van der Waals surface area contributed by atoms with Gasteiger partial charge in [0, 0.05) is 19.1 Å². The topological polar surface area (TPSA) is 87.5 Å². The number of hydrogen-bond acceptors (Lipinski definition) is 4. The first-order valence-corrected chi connectivity index (χ1v) is 7.25. The number of anilines is 1. The summed E-state index contributed by atoms with van der Waals surface area (Å²) in [7, 11) is 0.